The molecule has 1 aromatic carbocycles. The summed E-state index contributed by atoms with van der Waals surface area (Å²) >= 11 is 1.66. The molecular weight excluding hydrogens is 291 g/mol. The quantitative estimate of drug-likeness (QED) is 0.489. The molecule has 2 aromatic rings. The van der Waals surface area contributed by atoms with Crippen LogP contribution in [-0.4, -0.2) is 21.4 Å². The zero-order chi connectivity index (χ0) is 15.2. The minimum atomic E-state index is -0.418. The van der Waals surface area contributed by atoms with Crippen molar-refractivity contribution in [3.63, 3.8) is 0 Å². The fraction of sp³-hybridized carbons (Fsp3) is 0.286. The van der Waals surface area contributed by atoms with Crippen molar-refractivity contribution in [2.24, 2.45) is 7.05 Å². The number of aromatic nitrogens is 2. The first-order chi connectivity index (χ1) is 10.0. The number of anilines is 2. The largest absolute Gasteiger partial charge is 0.397 e. The van der Waals surface area contributed by atoms with Crippen molar-refractivity contribution in [2.45, 2.75) is 17.7 Å². The van der Waals surface area contributed by atoms with Gasteiger partial charge in [0.2, 0.25) is 5.91 Å². The Morgan fingerprint density at radius 2 is 2.33 bits per heavy atom. The predicted octanol–water partition coefficient (Wildman–Crippen LogP) is 2.65. The van der Waals surface area contributed by atoms with Gasteiger partial charge in [-0.25, -0.2) is 4.39 Å². The highest BCUT2D eigenvalue weighted by Crippen LogP contribution is 2.20. The zero-order valence-corrected chi connectivity index (χ0v) is 12.5. The van der Waals surface area contributed by atoms with E-state index in [1.54, 1.807) is 22.6 Å². The van der Waals surface area contributed by atoms with E-state index in [1.807, 2.05) is 13.2 Å². The van der Waals surface area contributed by atoms with Gasteiger partial charge in [-0.2, -0.15) is 5.10 Å². The molecule has 1 amide bonds. The number of halogens is 1. The third kappa shape index (κ3) is 4.78. The lowest BCUT2D eigenvalue weighted by Gasteiger charge is -2.07. The van der Waals surface area contributed by atoms with Crippen molar-refractivity contribution in [3.8, 4) is 0 Å². The van der Waals surface area contributed by atoms with E-state index >= 15 is 0 Å². The molecular formula is C14H17FN4OS. The van der Waals surface area contributed by atoms with Crippen molar-refractivity contribution in [3.05, 3.63) is 36.4 Å². The van der Waals surface area contributed by atoms with E-state index in [1.165, 1.54) is 18.2 Å². The van der Waals surface area contributed by atoms with E-state index in [0.717, 1.165) is 17.1 Å². The van der Waals surface area contributed by atoms with Gasteiger partial charge in [-0.1, -0.05) is 0 Å². The minimum Gasteiger partial charge on any atom is -0.397 e. The second-order valence-corrected chi connectivity index (χ2v) is 5.75. The van der Waals surface area contributed by atoms with Crippen molar-refractivity contribution >= 4 is 29.0 Å². The Morgan fingerprint density at radius 1 is 1.52 bits per heavy atom. The number of carbonyl (C=O) groups is 1. The molecule has 0 atom stereocenters. The number of amides is 1. The molecule has 5 nitrogen and oxygen atoms in total. The molecule has 7 heteroatoms. The number of hydrogen-bond donors (Lipinski definition) is 2. The van der Waals surface area contributed by atoms with Crippen LogP contribution in [0.5, 0.6) is 0 Å². The van der Waals surface area contributed by atoms with Gasteiger partial charge < -0.3 is 11.1 Å². The third-order valence-corrected chi connectivity index (χ3v) is 3.82. The van der Waals surface area contributed by atoms with Crippen molar-refractivity contribution in [2.75, 3.05) is 16.8 Å². The number of hydrogen-bond acceptors (Lipinski definition) is 4. The Hall–Kier alpha value is -2.02. The summed E-state index contributed by atoms with van der Waals surface area (Å²) in [5.41, 5.74) is 6.31. The number of rotatable bonds is 6. The lowest BCUT2D eigenvalue weighted by molar-refractivity contribution is -0.116. The molecule has 0 bridgehead atoms. The number of nitrogens with one attached hydrogen (secondary N) is 1. The highest BCUT2D eigenvalue weighted by Gasteiger charge is 2.06. The Morgan fingerprint density at radius 3 is 3.00 bits per heavy atom. The highest BCUT2D eigenvalue weighted by atomic mass is 32.2. The molecule has 3 N–H and O–H groups in total. The first-order valence-electron chi connectivity index (χ1n) is 6.51. The Balaban J connectivity index is 1.72. The lowest BCUT2D eigenvalue weighted by Crippen LogP contribution is -2.12. The van der Waals surface area contributed by atoms with Gasteiger partial charge in [0, 0.05) is 24.6 Å². The lowest BCUT2D eigenvalue weighted by atomic mass is 10.2. The van der Waals surface area contributed by atoms with Crippen LogP contribution in [0.1, 0.15) is 12.8 Å². The van der Waals surface area contributed by atoms with Crippen LogP contribution in [0.4, 0.5) is 15.8 Å². The average molecular weight is 308 g/mol. The Kier molecular flexibility index (Phi) is 5.21. The minimum absolute atomic E-state index is 0.125. The maximum atomic E-state index is 12.9. The highest BCUT2D eigenvalue weighted by molar-refractivity contribution is 7.99. The summed E-state index contributed by atoms with van der Waals surface area (Å²) in [6, 6.07) is 3.92. The van der Waals surface area contributed by atoms with Crippen LogP contribution >= 0.6 is 11.8 Å². The summed E-state index contributed by atoms with van der Waals surface area (Å²) in [5.74, 6) is 0.288. The van der Waals surface area contributed by atoms with E-state index in [0.29, 0.717) is 12.1 Å². The van der Waals surface area contributed by atoms with Crippen LogP contribution in [0.2, 0.25) is 0 Å². The average Bonchev–Trinajstić information content (AvgIpc) is 2.84. The van der Waals surface area contributed by atoms with Gasteiger partial charge in [0.15, 0.2) is 0 Å². The molecule has 112 valence electrons. The molecule has 0 saturated carbocycles. The van der Waals surface area contributed by atoms with Crippen molar-refractivity contribution in [1.29, 1.82) is 0 Å². The fourth-order valence-corrected chi connectivity index (χ4v) is 2.63. The number of thioether (sulfide) groups is 1. The molecule has 0 saturated heterocycles. The fourth-order valence-electron chi connectivity index (χ4n) is 1.76. The first kappa shape index (κ1) is 15.4. The van der Waals surface area contributed by atoms with Crippen LogP contribution < -0.4 is 11.1 Å². The molecule has 0 spiro atoms. The number of nitrogens with zero attached hydrogens (tertiary/aromatic N) is 2. The van der Waals surface area contributed by atoms with E-state index in [9.17, 15) is 9.18 Å². The van der Waals surface area contributed by atoms with E-state index in [-0.39, 0.29) is 11.6 Å². The first-order valence-corrected chi connectivity index (χ1v) is 7.49. The van der Waals surface area contributed by atoms with Crippen LogP contribution in [0.3, 0.4) is 0 Å². The molecule has 0 aliphatic carbocycles. The summed E-state index contributed by atoms with van der Waals surface area (Å²) in [6.45, 7) is 0. The molecule has 0 radical (unpaired) electrons. The third-order valence-electron chi connectivity index (χ3n) is 2.79. The van der Waals surface area contributed by atoms with Crippen molar-refractivity contribution in [1.82, 2.24) is 9.78 Å². The molecule has 2 rings (SSSR count). The maximum absolute atomic E-state index is 12.9. The van der Waals surface area contributed by atoms with Crippen molar-refractivity contribution < 1.29 is 9.18 Å². The summed E-state index contributed by atoms with van der Waals surface area (Å²) < 4.78 is 14.6. The van der Waals surface area contributed by atoms with E-state index in [4.69, 9.17) is 5.73 Å². The summed E-state index contributed by atoms with van der Waals surface area (Å²) in [6.07, 6.45) is 4.87. The molecule has 0 aliphatic rings. The summed E-state index contributed by atoms with van der Waals surface area (Å²) in [7, 11) is 1.87. The number of aryl methyl sites for hydroxylation is 1. The number of benzene rings is 1. The van der Waals surface area contributed by atoms with Crippen LogP contribution in [0, 0.1) is 5.82 Å². The van der Waals surface area contributed by atoms with Crippen LogP contribution in [-0.2, 0) is 11.8 Å². The number of carbonyl (C=O) groups excluding carboxylic acids is 1. The second kappa shape index (κ2) is 7.12. The van der Waals surface area contributed by atoms with Gasteiger partial charge in [0.1, 0.15) is 5.82 Å². The predicted molar refractivity (Wildman–Crippen MR) is 82.6 cm³/mol. The summed E-state index contributed by atoms with van der Waals surface area (Å²) in [4.78, 5) is 12.9. The van der Waals surface area contributed by atoms with Gasteiger partial charge in [-0.05, 0) is 30.4 Å². The molecule has 21 heavy (non-hydrogen) atoms. The van der Waals surface area contributed by atoms with Gasteiger partial charge in [-0.15, -0.1) is 11.8 Å². The molecule has 0 aliphatic heterocycles. The normalized spacial score (nSPS) is 10.6. The van der Waals surface area contributed by atoms with Gasteiger partial charge in [0.25, 0.3) is 0 Å². The van der Waals surface area contributed by atoms with Crippen LogP contribution in [0.25, 0.3) is 0 Å². The maximum Gasteiger partial charge on any atom is 0.224 e. The van der Waals surface area contributed by atoms with Crippen LogP contribution in [0.15, 0.2) is 35.5 Å². The number of nitrogens with two attached hydrogens (primary N) is 1. The molecule has 0 unspecified atom stereocenters. The smallest absolute Gasteiger partial charge is 0.224 e. The monoisotopic (exact) mass is 308 g/mol. The van der Waals surface area contributed by atoms with E-state index < -0.39 is 5.82 Å². The Labute approximate surface area is 126 Å². The van der Waals surface area contributed by atoms with Gasteiger partial charge in [0.05, 0.1) is 17.6 Å². The zero-order valence-electron chi connectivity index (χ0n) is 11.7. The van der Waals surface area contributed by atoms with Gasteiger partial charge >= 0.3 is 0 Å². The molecule has 1 heterocycles. The second-order valence-electron chi connectivity index (χ2n) is 4.58. The number of nitrogen functional groups attached to an aromatic ring is 1. The summed E-state index contributed by atoms with van der Waals surface area (Å²) in [5, 5.41) is 6.76. The standard InChI is InChI=1S/C14H17FN4OS/c1-19-9-11(8-17-19)21-6-2-3-14(20)18-13-5-4-10(15)7-12(13)16/h4-5,7-9H,2-3,6,16H2,1H3,(H,18,20). The topological polar surface area (TPSA) is 72.9 Å². The van der Waals surface area contributed by atoms with Gasteiger partial charge in [-0.3, -0.25) is 9.48 Å². The SMILES string of the molecule is Cn1cc(SCCCC(=O)Nc2ccc(F)cc2N)cn1. The Bertz CT molecular complexity index is 629. The van der Waals surface area contributed by atoms with E-state index in [2.05, 4.69) is 10.4 Å². The molecule has 0 fully saturated rings. The molecule has 1 aromatic heterocycles.